The zero-order valence-corrected chi connectivity index (χ0v) is 15.2. The molecule has 1 saturated heterocycles. The lowest BCUT2D eigenvalue weighted by Gasteiger charge is -2.14. The van der Waals surface area contributed by atoms with E-state index in [1.54, 1.807) is 0 Å². The minimum absolute atomic E-state index is 0.626. The summed E-state index contributed by atoms with van der Waals surface area (Å²) in [6, 6.07) is 8.14. The molecule has 0 amide bonds. The number of hydrogen-bond acceptors (Lipinski definition) is 3. The maximum atomic E-state index is 5.73. The van der Waals surface area contributed by atoms with E-state index < -0.39 is 0 Å². The molecule has 5 heteroatoms. The van der Waals surface area contributed by atoms with E-state index in [9.17, 15) is 0 Å². The van der Waals surface area contributed by atoms with Crippen LogP contribution in [0.3, 0.4) is 0 Å². The van der Waals surface area contributed by atoms with Crippen molar-refractivity contribution in [2.45, 2.75) is 33.1 Å². The summed E-state index contributed by atoms with van der Waals surface area (Å²) in [5.41, 5.74) is 1.25. The summed E-state index contributed by atoms with van der Waals surface area (Å²) in [4.78, 5) is 7.18. The molecule has 0 unspecified atom stereocenters. The Hall–Kier alpha value is -1.75. The SMILES string of the molecule is CCNC(=NCCCN1CCCC1)NCCOc1ccc(C)cc1. The summed E-state index contributed by atoms with van der Waals surface area (Å²) in [6.45, 7) is 11.0. The molecule has 1 aromatic carbocycles. The average molecular weight is 332 g/mol. The van der Waals surface area contributed by atoms with Gasteiger partial charge in [0.2, 0.25) is 0 Å². The van der Waals surface area contributed by atoms with Crippen LogP contribution >= 0.6 is 0 Å². The van der Waals surface area contributed by atoms with Gasteiger partial charge in [0, 0.05) is 13.1 Å². The fourth-order valence-electron chi connectivity index (χ4n) is 2.81. The summed E-state index contributed by atoms with van der Waals surface area (Å²) in [5, 5.41) is 6.62. The standard InChI is InChI=1S/C19H32N4O/c1-3-20-19(21-11-6-15-23-13-4-5-14-23)22-12-16-24-18-9-7-17(2)8-10-18/h7-10H,3-6,11-16H2,1-2H3,(H2,20,21,22). The quantitative estimate of drug-likeness (QED) is 0.414. The summed E-state index contributed by atoms with van der Waals surface area (Å²) in [7, 11) is 0. The van der Waals surface area contributed by atoms with Crippen LogP contribution in [0.2, 0.25) is 0 Å². The van der Waals surface area contributed by atoms with Crippen LogP contribution in [0.15, 0.2) is 29.3 Å². The molecule has 0 spiro atoms. The molecule has 2 rings (SSSR count). The third-order valence-corrected chi connectivity index (χ3v) is 4.13. The summed E-state index contributed by atoms with van der Waals surface area (Å²) in [6.07, 6.45) is 3.83. The Labute approximate surface area is 146 Å². The number of likely N-dealkylation sites (tertiary alicyclic amines) is 1. The van der Waals surface area contributed by atoms with E-state index in [2.05, 4.69) is 46.5 Å². The van der Waals surface area contributed by atoms with Gasteiger partial charge in [-0.3, -0.25) is 4.99 Å². The van der Waals surface area contributed by atoms with Crippen molar-refractivity contribution in [3.63, 3.8) is 0 Å². The molecule has 1 fully saturated rings. The van der Waals surface area contributed by atoms with Crippen molar-refractivity contribution in [2.24, 2.45) is 4.99 Å². The van der Waals surface area contributed by atoms with E-state index in [1.807, 2.05) is 12.1 Å². The van der Waals surface area contributed by atoms with Crippen molar-refractivity contribution >= 4 is 5.96 Å². The fourth-order valence-corrected chi connectivity index (χ4v) is 2.81. The Morgan fingerprint density at radius 1 is 1.17 bits per heavy atom. The first-order chi connectivity index (χ1) is 11.8. The molecule has 1 heterocycles. The van der Waals surface area contributed by atoms with Crippen LogP contribution in [0.1, 0.15) is 31.7 Å². The van der Waals surface area contributed by atoms with Gasteiger partial charge in [-0.15, -0.1) is 0 Å². The van der Waals surface area contributed by atoms with Gasteiger partial charge in [0.25, 0.3) is 0 Å². The van der Waals surface area contributed by atoms with Crippen LogP contribution in [0.4, 0.5) is 0 Å². The lowest BCUT2D eigenvalue weighted by atomic mass is 10.2. The number of hydrogen-bond donors (Lipinski definition) is 2. The first-order valence-electron chi connectivity index (χ1n) is 9.22. The zero-order chi connectivity index (χ0) is 17.0. The van der Waals surface area contributed by atoms with Gasteiger partial charge < -0.3 is 20.3 Å². The number of nitrogens with zero attached hydrogens (tertiary/aromatic N) is 2. The molecule has 2 N–H and O–H groups in total. The van der Waals surface area contributed by atoms with Crippen molar-refractivity contribution in [1.82, 2.24) is 15.5 Å². The van der Waals surface area contributed by atoms with Gasteiger partial charge in [-0.05, 0) is 64.9 Å². The van der Waals surface area contributed by atoms with Crippen molar-refractivity contribution in [1.29, 1.82) is 0 Å². The van der Waals surface area contributed by atoms with Crippen LogP contribution in [0, 0.1) is 6.92 Å². The molecule has 5 nitrogen and oxygen atoms in total. The van der Waals surface area contributed by atoms with E-state index in [0.29, 0.717) is 6.61 Å². The molecular formula is C19H32N4O. The number of aryl methyl sites for hydroxylation is 1. The van der Waals surface area contributed by atoms with Crippen LogP contribution < -0.4 is 15.4 Å². The van der Waals surface area contributed by atoms with Crippen LogP contribution in [-0.2, 0) is 0 Å². The van der Waals surface area contributed by atoms with Crippen molar-refractivity contribution in [3.05, 3.63) is 29.8 Å². The van der Waals surface area contributed by atoms with E-state index >= 15 is 0 Å². The smallest absolute Gasteiger partial charge is 0.191 e. The van der Waals surface area contributed by atoms with Crippen LogP contribution in [0.25, 0.3) is 0 Å². The molecule has 0 aromatic heterocycles. The van der Waals surface area contributed by atoms with Crippen molar-refractivity contribution in [3.8, 4) is 5.75 Å². The monoisotopic (exact) mass is 332 g/mol. The lowest BCUT2D eigenvalue weighted by molar-refractivity contribution is 0.321. The number of ether oxygens (including phenoxy) is 1. The maximum Gasteiger partial charge on any atom is 0.191 e. The highest BCUT2D eigenvalue weighted by molar-refractivity contribution is 5.79. The second kappa shape index (κ2) is 10.9. The highest BCUT2D eigenvalue weighted by Crippen LogP contribution is 2.10. The second-order valence-corrected chi connectivity index (χ2v) is 6.25. The molecule has 0 bridgehead atoms. The highest BCUT2D eigenvalue weighted by Gasteiger charge is 2.09. The Morgan fingerprint density at radius 2 is 1.92 bits per heavy atom. The molecular weight excluding hydrogens is 300 g/mol. The average Bonchev–Trinajstić information content (AvgIpc) is 3.10. The molecule has 24 heavy (non-hydrogen) atoms. The molecule has 134 valence electrons. The molecule has 0 atom stereocenters. The first-order valence-corrected chi connectivity index (χ1v) is 9.22. The maximum absolute atomic E-state index is 5.73. The summed E-state index contributed by atoms with van der Waals surface area (Å²) in [5.74, 6) is 1.79. The van der Waals surface area contributed by atoms with Crippen molar-refractivity contribution in [2.75, 3.05) is 45.9 Å². The Kier molecular flexibility index (Phi) is 8.46. The van der Waals surface area contributed by atoms with Gasteiger partial charge in [-0.2, -0.15) is 0 Å². The minimum atomic E-state index is 0.626. The number of nitrogens with one attached hydrogen (secondary N) is 2. The van der Waals surface area contributed by atoms with Crippen LogP contribution in [-0.4, -0.2) is 56.7 Å². The molecule has 1 aromatic rings. The normalized spacial score (nSPS) is 15.5. The van der Waals surface area contributed by atoms with Gasteiger partial charge in [0.05, 0.1) is 6.54 Å². The van der Waals surface area contributed by atoms with Crippen molar-refractivity contribution < 1.29 is 4.74 Å². The third-order valence-electron chi connectivity index (χ3n) is 4.13. The van der Waals surface area contributed by atoms with E-state index in [1.165, 1.54) is 38.0 Å². The van der Waals surface area contributed by atoms with E-state index in [-0.39, 0.29) is 0 Å². The fraction of sp³-hybridized carbons (Fsp3) is 0.632. The molecule has 1 aliphatic heterocycles. The lowest BCUT2D eigenvalue weighted by Crippen LogP contribution is -2.39. The predicted molar refractivity (Wildman–Crippen MR) is 101 cm³/mol. The Balaban J connectivity index is 1.62. The Bertz CT molecular complexity index is 481. The van der Waals surface area contributed by atoms with E-state index in [0.717, 1.165) is 37.8 Å². The second-order valence-electron chi connectivity index (χ2n) is 6.25. The highest BCUT2D eigenvalue weighted by atomic mass is 16.5. The van der Waals surface area contributed by atoms with Gasteiger partial charge >= 0.3 is 0 Å². The Morgan fingerprint density at radius 3 is 2.62 bits per heavy atom. The van der Waals surface area contributed by atoms with Crippen LogP contribution in [0.5, 0.6) is 5.75 Å². The summed E-state index contributed by atoms with van der Waals surface area (Å²) < 4.78 is 5.73. The number of rotatable bonds is 9. The third kappa shape index (κ3) is 7.21. The van der Waals surface area contributed by atoms with Gasteiger partial charge in [0.15, 0.2) is 5.96 Å². The molecule has 1 aliphatic rings. The first kappa shape index (κ1) is 18.6. The topological polar surface area (TPSA) is 48.9 Å². The number of benzene rings is 1. The molecule has 0 saturated carbocycles. The van der Waals surface area contributed by atoms with Gasteiger partial charge in [0.1, 0.15) is 12.4 Å². The molecule has 0 aliphatic carbocycles. The largest absolute Gasteiger partial charge is 0.492 e. The zero-order valence-electron chi connectivity index (χ0n) is 15.2. The number of aliphatic imine (C=N–C) groups is 1. The predicted octanol–water partition coefficient (Wildman–Crippen LogP) is 2.41. The van der Waals surface area contributed by atoms with Gasteiger partial charge in [-0.25, -0.2) is 0 Å². The minimum Gasteiger partial charge on any atom is -0.492 e. The van der Waals surface area contributed by atoms with E-state index in [4.69, 9.17) is 4.74 Å². The summed E-state index contributed by atoms with van der Waals surface area (Å²) >= 11 is 0. The number of guanidine groups is 1. The molecule has 0 radical (unpaired) electrons. The van der Waals surface area contributed by atoms with Gasteiger partial charge in [-0.1, -0.05) is 17.7 Å².